The summed E-state index contributed by atoms with van der Waals surface area (Å²) in [5.41, 5.74) is 2.00. The van der Waals surface area contributed by atoms with Crippen molar-refractivity contribution in [2.75, 3.05) is 23.3 Å². The molecule has 1 aromatic carbocycles. The number of benzene rings is 1. The molecule has 2 N–H and O–H groups in total. The lowest BCUT2D eigenvalue weighted by molar-refractivity contribution is -0.117. The third-order valence-corrected chi connectivity index (χ3v) is 4.44. The van der Waals surface area contributed by atoms with Gasteiger partial charge in [-0.25, -0.2) is 4.79 Å². The Morgan fingerprint density at radius 1 is 1.27 bits per heavy atom. The molecule has 0 bridgehead atoms. The fourth-order valence-corrected chi connectivity index (χ4v) is 3.26. The summed E-state index contributed by atoms with van der Waals surface area (Å²) < 4.78 is 0. The Balaban J connectivity index is 1.51. The van der Waals surface area contributed by atoms with Crippen LogP contribution in [0.4, 0.5) is 15.5 Å². The number of anilines is 2. The minimum Gasteiger partial charge on any atom is -0.336 e. The molecule has 5 nitrogen and oxygen atoms in total. The molecule has 22 heavy (non-hydrogen) atoms. The van der Waals surface area contributed by atoms with Gasteiger partial charge in [0.25, 0.3) is 0 Å². The largest absolute Gasteiger partial charge is 0.336 e. The first kappa shape index (κ1) is 14.6. The summed E-state index contributed by atoms with van der Waals surface area (Å²) >= 11 is 1.53. The van der Waals surface area contributed by atoms with Crippen molar-refractivity contribution in [3.63, 3.8) is 0 Å². The molecule has 0 atom stereocenters. The second-order valence-electron chi connectivity index (χ2n) is 5.14. The maximum atomic E-state index is 12.0. The lowest BCUT2D eigenvalue weighted by Crippen LogP contribution is -2.38. The molecular weight excluding hydrogens is 298 g/mol. The summed E-state index contributed by atoms with van der Waals surface area (Å²) in [4.78, 5) is 26.7. The molecule has 3 amide bonds. The number of hydrogen-bond donors (Lipinski definition) is 2. The molecule has 0 fully saturated rings. The monoisotopic (exact) mass is 315 g/mol. The third kappa shape index (κ3) is 3.12. The zero-order valence-electron chi connectivity index (χ0n) is 12.3. The minimum atomic E-state index is -0.248. The molecule has 2 heterocycles. The number of carbonyl (C=O) groups is 2. The first-order chi connectivity index (χ1) is 10.6. The number of aryl methyl sites for hydroxylation is 1. The molecule has 6 heteroatoms. The van der Waals surface area contributed by atoms with Crippen molar-refractivity contribution in [2.24, 2.45) is 0 Å². The van der Waals surface area contributed by atoms with E-state index in [1.54, 1.807) is 4.90 Å². The van der Waals surface area contributed by atoms with Gasteiger partial charge >= 0.3 is 6.03 Å². The molecule has 1 aromatic heterocycles. The van der Waals surface area contributed by atoms with Crippen LogP contribution >= 0.6 is 11.3 Å². The number of carbonyl (C=O) groups excluding carboxylic acids is 2. The summed E-state index contributed by atoms with van der Waals surface area (Å²) in [5, 5.41) is 6.38. The topological polar surface area (TPSA) is 61.4 Å². The number of nitrogens with one attached hydrogen (secondary N) is 2. The highest BCUT2D eigenvalue weighted by molar-refractivity contribution is 7.16. The molecular formula is C16H17N3O2S. The van der Waals surface area contributed by atoms with Crippen molar-refractivity contribution in [3.05, 3.63) is 46.8 Å². The highest BCUT2D eigenvalue weighted by atomic mass is 32.1. The second-order valence-corrected chi connectivity index (χ2v) is 6.43. The number of hydrogen-bond acceptors (Lipinski definition) is 3. The Kier molecular flexibility index (Phi) is 4.11. The Hall–Kier alpha value is -2.34. The molecule has 1 aliphatic heterocycles. The maximum absolute atomic E-state index is 12.0. The predicted molar refractivity (Wildman–Crippen MR) is 88.6 cm³/mol. The summed E-state index contributed by atoms with van der Waals surface area (Å²) in [6, 6.07) is 11.3. The zero-order chi connectivity index (χ0) is 15.5. The lowest BCUT2D eigenvalue weighted by atomic mass is 10.2. The minimum absolute atomic E-state index is 0.0808. The van der Waals surface area contributed by atoms with Crippen LogP contribution in [0.3, 0.4) is 0 Å². The first-order valence-corrected chi connectivity index (χ1v) is 7.95. The second kappa shape index (κ2) is 6.19. The van der Waals surface area contributed by atoms with Gasteiger partial charge in [0, 0.05) is 23.7 Å². The van der Waals surface area contributed by atoms with Crippen molar-refractivity contribution in [3.8, 4) is 0 Å². The van der Waals surface area contributed by atoms with Crippen LogP contribution in [-0.4, -0.2) is 25.0 Å². The van der Waals surface area contributed by atoms with Crippen molar-refractivity contribution in [1.29, 1.82) is 0 Å². The van der Waals surface area contributed by atoms with Gasteiger partial charge in [-0.1, -0.05) is 18.2 Å². The highest BCUT2D eigenvalue weighted by Crippen LogP contribution is 2.27. The molecule has 3 rings (SSSR count). The Morgan fingerprint density at radius 3 is 2.86 bits per heavy atom. The van der Waals surface area contributed by atoms with Gasteiger partial charge in [-0.3, -0.25) is 10.1 Å². The molecule has 2 aromatic rings. The molecule has 0 radical (unpaired) electrons. The van der Waals surface area contributed by atoms with Gasteiger partial charge in [0.05, 0.1) is 11.4 Å². The number of fused-ring (bicyclic) bond motifs is 1. The SMILES string of the molecule is Cc1ccc(NC(=O)NCCN2C(=O)Cc3ccccc32)s1. The smallest absolute Gasteiger partial charge is 0.319 e. The maximum Gasteiger partial charge on any atom is 0.319 e. The molecule has 0 spiro atoms. The van der Waals surface area contributed by atoms with Crippen molar-refractivity contribution in [1.82, 2.24) is 5.32 Å². The summed E-state index contributed by atoms with van der Waals surface area (Å²) in [7, 11) is 0. The number of rotatable bonds is 4. The lowest BCUT2D eigenvalue weighted by Gasteiger charge is -2.17. The van der Waals surface area contributed by atoms with E-state index in [0.717, 1.165) is 21.1 Å². The van der Waals surface area contributed by atoms with E-state index in [1.807, 2.05) is 43.3 Å². The summed E-state index contributed by atoms with van der Waals surface area (Å²) in [6.07, 6.45) is 0.441. The van der Waals surface area contributed by atoms with Crippen molar-refractivity contribution in [2.45, 2.75) is 13.3 Å². The quantitative estimate of drug-likeness (QED) is 0.911. The molecule has 0 unspecified atom stereocenters. The van der Waals surface area contributed by atoms with E-state index < -0.39 is 0 Å². The van der Waals surface area contributed by atoms with Crippen LogP contribution in [0.2, 0.25) is 0 Å². The van der Waals surface area contributed by atoms with Gasteiger partial charge in [-0.15, -0.1) is 11.3 Å². The Morgan fingerprint density at radius 2 is 2.09 bits per heavy atom. The van der Waals surface area contributed by atoms with E-state index in [9.17, 15) is 9.59 Å². The standard InChI is InChI=1S/C16H17N3O2S/c1-11-6-7-14(22-11)18-16(21)17-8-9-19-13-5-3-2-4-12(13)10-15(19)20/h2-7H,8-10H2,1H3,(H2,17,18,21). The Bertz CT molecular complexity index is 711. The fourth-order valence-electron chi connectivity index (χ4n) is 2.50. The van der Waals surface area contributed by atoms with Crippen LogP contribution in [-0.2, 0) is 11.2 Å². The van der Waals surface area contributed by atoms with E-state index in [1.165, 1.54) is 11.3 Å². The number of thiophene rings is 1. The number of amides is 3. The van der Waals surface area contributed by atoms with Crippen LogP contribution < -0.4 is 15.5 Å². The van der Waals surface area contributed by atoms with Crippen LogP contribution in [0.25, 0.3) is 0 Å². The van der Waals surface area contributed by atoms with Crippen LogP contribution in [0.15, 0.2) is 36.4 Å². The van der Waals surface area contributed by atoms with Gasteiger partial charge in [-0.2, -0.15) is 0 Å². The van der Waals surface area contributed by atoms with Gasteiger partial charge in [0.2, 0.25) is 5.91 Å². The van der Waals surface area contributed by atoms with Crippen molar-refractivity contribution >= 4 is 34.0 Å². The van der Waals surface area contributed by atoms with E-state index >= 15 is 0 Å². The van der Waals surface area contributed by atoms with Crippen LogP contribution in [0.5, 0.6) is 0 Å². The van der Waals surface area contributed by atoms with Gasteiger partial charge in [0.15, 0.2) is 0 Å². The van der Waals surface area contributed by atoms with Crippen LogP contribution in [0, 0.1) is 6.92 Å². The van der Waals surface area contributed by atoms with Crippen molar-refractivity contribution < 1.29 is 9.59 Å². The molecule has 114 valence electrons. The van der Waals surface area contributed by atoms with Crippen LogP contribution in [0.1, 0.15) is 10.4 Å². The van der Waals surface area contributed by atoms with E-state index in [-0.39, 0.29) is 11.9 Å². The molecule has 0 saturated heterocycles. The molecule has 0 saturated carbocycles. The molecule has 1 aliphatic rings. The average molecular weight is 315 g/mol. The zero-order valence-corrected chi connectivity index (χ0v) is 13.1. The fraction of sp³-hybridized carbons (Fsp3) is 0.250. The predicted octanol–water partition coefficient (Wildman–Crippen LogP) is 2.77. The third-order valence-electron chi connectivity index (χ3n) is 3.52. The Labute approximate surface area is 132 Å². The number of urea groups is 1. The van der Waals surface area contributed by atoms with Gasteiger partial charge in [-0.05, 0) is 30.7 Å². The number of nitrogens with zero attached hydrogens (tertiary/aromatic N) is 1. The van der Waals surface area contributed by atoms with Gasteiger partial charge in [0.1, 0.15) is 0 Å². The van der Waals surface area contributed by atoms with E-state index in [2.05, 4.69) is 10.6 Å². The normalized spacial score (nSPS) is 13.1. The molecule has 0 aliphatic carbocycles. The summed E-state index contributed by atoms with van der Waals surface area (Å²) in [6.45, 7) is 2.88. The first-order valence-electron chi connectivity index (χ1n) is 7.13. The van der Waals surface area contributed by atoms with E-state index in [0.29, 0.717) is 19.5 Å². The van der Waals surface area contributed by atoms with Gasteiger partial charge < -0.3 is 10.2 Å². The highest BCUT2D eigenvalue weighted by Gasteiger charge is 2.26. The summed E-state index contributed by atoms with van der Waals surface area (Å²) in [5.74, 6) is 0.0808. The van der Waals surface area contributed by atoms with E-state index in [4.69, 9.17) is 0 Å². The average Bonchev–Trinajstić information content (AvgIpc) is 3.03. The number of para-hydroxylation sites is 1.